The van der Waals surface area contributed by atoms with Crippen molar-refractivity contribution in [1.29, 1.82) is 0 Å². The van der Waals surface area contributed by atoms with Crippen molar-refractivity contribution in [2.45, 2.75) is 26.9 Å². The number of aryl methyl sites for hydroxylation is 2. The lowest BCUT2D eigenvalue weighted by atomic mass is 10.1. The Hall–Kier alpha value is -0.763. The molecule has 0 unspecified atom stereocenters. The molecule has 0 amide bonds. The minimum atomic E-state index is -0.423. The average Bonchev–Trinajstić information content (AvgIpc) is 2.02. The molecule has 2 heteroatoms. The molecule has 13 heavy (non-hydrogen) atoms. The minimum Gasteiger partial charge on any atom is -0.497 e. The van der Waals surface area contributed by atoms with Gasteiger partial charge < -0.3 is 4.74 Å². The second-order valence-corrected chi connectivity index (χ2v) is 6.20. The summed E-state index contributed by atoms with van der Waals surface area (Å²) in [5.41, 5.74) is 2.59. The Balaban J connectivity index is 3.29. The van der Waals surface area contributed by atoms with E-state index in [0.29, 0.717) is 0 Å². The van der Waals surface area contributed by atoms with Crippen molar-refractivity contribution in [2.75, 3.05) is 7.11 Å². The van der Waals surface area contributed by atoms with Crippen molar-refractivity contribution in [3.05, 3.63) is 23.3 Å². The zero-order chi connectivity index (χ0) is 10.0. The third kappa shape index (κ3) is 2.13. The smallest absolute Gasteiger partial charge is 0.120 e. The van der Waals surface area contributed by atoms with Gasteiger partial charge in [0, 0.05) is 0 Å². The van der Waals surface area contributed by atoms with E-state index < -0.39 is 8.80 Å². The van der Waals surface area contributed by atoms with Crippen LogP contribution in [0.3, 0.4) is 0 Å². The summed E-state index contributed by atoms with van der Waals surface area (Å²) in [7, 11) is 1.33. The van der Waals surface area contributed by atoms with Crippen molar-refractivity contribution >= 4 is 14.0 Å². The summed E-state index contributed by atoms with van der Waals surface area (Å²) in [6.07, 6.45) is 0. The molecule has 0 saturated carbocycles. The van der Waals surface area contributed by atoms with Gasteiger partial charge in [-0.05, 0) is 24.6 Å². The molecule has 0 fully saturated rings. The summed E-state index contributed by atoms with van der Waals surface area (Å²) in [4.78, 5) is 0. The highest BCUT2D eigenvalue weighted by Crippen LogP contribution is 2.17. The maximum Gasteiger partial charge on any atom is 0.120 e. The standard InChI is InChI=1S/C11H17OSi/c1-8-6-9(2)11(12-3)10(7-8)13(4)5/h6-7H,1-5H3. The van der Waals surface area contributed by atoms with Gasteiger partial charge in [-0.15, -0.1) is 0 Å². The van der Waals surface area contributed by atoms with E-state index in [2.05, 4.69) is 39.1 Å². The van der Waals surface area contributed by atoms with Crippen molar-refractivity contribution in [2.24, 2.45) is 0 Å². The van der Waals surface area contributed by atoms with Crippen molar-refractivity contribution < 1.29 is 4.74 Å². The number of hydrogen-bond donors (Lipinski definition) is 0. The Morgan fingerprint density at radius 2 is 1.77 bits per heavy atom. The number of benzene rings is 1. The van der Waals surface area contributed by atoms with Crippen LogP contribution in [-0.2, 0) is 0 Å². The number of hydrogen-bond acceptors (Lipinski definition) is 1. The molecule has 71 valence electrons. The fourth-order valence-corrected chi connectivity index (χ4v) is 2.87. The first-order valence-corrected chi connectivity index (χ1v) is 7.02. The van der Waals surface area contributed by atoms with E-state index in [9.17, 15) is 0 Å². The van der Waals surface area contributed by atoms with Gasteiger partial charge in [-0.1, -0.05) is 30.8 Å². The predicted molar refractivity (Wildman–Crippen MR) is 59.6 cm³/mol. The van der Waals surface area contributed by atoms with Crippen LogP contribution in [0, 0.1) is 13.8 Å². The molecule has 0 aliphatic rings. The number of rotatable bonds is 2. The lowest BCUT2D eigenvalue weighted by Crippen LogP contribution is -2.25. The first-order valence-electron chi connectivity index (χ1n) is 4.52. The molecule has 1 rings (SSSR count). The predicted octanol–water partition coefficient (Wildman–Crippen LogP) is 2.27. The van der Waals surface area contributed by atoms with Gasteiger partial charge >= 0.3 is 0 Å². The molecule has 0 aliphatic heterocycles. The maximum atomic E-state index is 5.42. The second kappa shape index (κ2) is 3.96. The van der Waals surface area contributed by atoms with Crippen LogP contribution in [-0.4, -0.2) is 15.9 Å². The summed E-state index contributed by atoms with van der Waals surface area (Å²) in [6, 6.07) is 4.42. The summed E-state index contributed by atoms with van der Waals surface area (Å²) in [6.45, 7) is 8.84. The molecule has 0 aromatic heterocycles. The lowest BCUT2D eigenvalue weighted by molar-refractivity contribution is 0.415. The zero-order valence-corrected chi connectivity index (χ0v) is 10.1. The largest absolute Gasteiger partial charge is 0.497 e. The van der Waals surface area contributed by atoms with Gasteiger partial charge in [0.05, 0.1) is 15.9 Å². The van der Waals surface area contributed by atoms with Crippen molar-refractivity contribution in [1.82, 2.24) is 0 Å². The molecule has 1 radical (unpaired) electrons. The van der Waals surface area contributed by atoms with Gasteiger partial charge in [-0.25, -0.2) is 0 Å². The third-order valence-electron chi connectivity index (χ3n) is 2.16. The fourth-order valence-electron chi connectivity index (χ4n) is 1.60. The van der Waals surface area contributed by atoms with E-state index >= 15 is 0 Å². The van der Waals surface area contributed by atoms with Crippen LogP contribution in [0.25, 0.3) is 0 Å². The van der Waals surface area contributed by atoms with E-state index in [1.54, 1.807) is 7.11 Å². The molecule has 0 saturated heterocycles. The molecule has 0 aliphatic carbocycles. The number of methoxy groups -OCH3 is 1. The molecule has 0 N–H and O–H groups in total. The Kier molecular flexibility index (Phi) is 3.15. The fraction of sp³-hybridized carbons (Fsp3) is 0.455. The van der Waals surface area contributed by atoms with Crippen LogP contribution in [0.4, 0.5) is 0 Å². The summed E-state index contributed by atoms with van der Waals surface area (Å²) < 4.78 is 5.42. The average molecular weight is 193 g/mol. The monoisotopic (exact) mass is 193 g/mol. The van der Waals surface area contributed by atoms with Gasteiger partial charge in [-0.2, -0.15) is 0 Å². The van der Waals surface area contributed by atoms with Crippen LogP contribution in [0.15, 0.2) is 12.1 Å². The molecule has 0 heterocycles. The molecule has 0 atom stereocenters. The van der Waals surface area contributed by atoms with E-state index in [1.165, 1.54) is 16.3 Å². The van der Waals surface area contributed by atoms with Gasteiger partial charge in [0.15, 0.2) is 0 Å². The molecule has 1 aromatic carbocycles. The second-order valence-electron chi connectivity index (χ2n) is 3.66. The Labute approximate surface area is 82.3 Å². The van der Waals surface area contributed by atoms with Crippen LogP contribution in [0.1, 0.15) is 11.1 Å². The van der Waals surface area contributed by atoms with Gasteiger partial charge in [0.1, 0.15) is 5.75 Å². The molecule has 1 aromatic rings. The maximum absolute atomic E-state index is 5.42. The highest BCUT2D eigenvalue weighted by atomic mass is 28.3. The van der Waals surface area contributed by atoms with E-state index in [-0.39, 0.29) is 0 Å². The lowest BCUT2D eigenvalue weighted by Gasteiger charge is -2.14. The Morgan fingerprint density at radius 3 is 2.23 bits per heavy atom. The molecule has 0 spiro atoms. The Bertz CT molecular complexity index is 305. The van der Waals surface area contributed by atoms with E-state index in [0.717, 1.165) is 5.75 Å². The minimum absolute atomic E-state index is 0.423. The quantitative estimate of drug-likeness (QED) is 0.655. The van der Waals surface area contributed by atoms with Crippen LogP contribution in [0.5, 0.6) is 5.75 Å². The van der Waals surface area contributed by atoms with E-state index in [1.807, 2.05) is 0 Å². The summed E-state index contributed by atoms with van der Waals surface area (Å²) >= 11 is 0. The molecule has 1 nitrogen and oxygen atoms in total. The number of ether oxygens (including phenoxy) is 1. The third-order valence-corrected chi connectivity index (χ3v) is 3.61. The Morgan fingerprint density at radius 1 is 1.15 bits per heavy atom. The molecule has 0 bridgehead atoms. The highest BCUT2D eigenvalue weighted by molar-refractivity contribution is 6.71. The first kappa shape index (κ1) is 10.3. The van der Waals surface area contributed by atoms with E-state index in [4.69, 9.17) is 4.74 Å². The molecular formula is C11H17OSi. The SMILES string of the molecule is COc1c(C)cc(C)cc1[Si](C)C. The van der Waals surface area contributed by atoms with Gasteiger partial charge in [-0.3, -0.25) is 0 Å². The first-order chi connectivity index (χ1) is 6.06. The van der Waals surface area contributed by atoms with Crippen LogP contribution in [0.2, 0.25) is 13.1 Å². The van der Waals surface area contributed by atoms with Crippen LogP contribution < -0.4 is 9.92 Å². The summed E-state index contributed by atoms with van der Waals surface area (Å²) in [5, 5.41) is 1.41. The molecular weight excluding hydrogens is 176 g/mol. The van der Waals surface area contributed by atoms with Gasteiger partial charge in [0.25, 0.3) is 0 Å². The van der Waals surface area contributed by atoms with Crippen molar-refractivity contribution in [3.63, 3.8) is 0 Å². The zero-order valence-electron chi connectivity index (χ0n) is 9.06. The highest BCUT2D eigenvalue weighted by Gasteiger charge is 2.11. The van der Waals surface area contributed by atoms with Crippen molar-refractivity contribution in [3.8, 4) is 5.75 Å². The summed E-state index contributed by atoms with van der Waals surface area (Å²) in [5.74, 6) is 1.09. The normalized spacial score (nSPS) is 10.6. The van der Waals surface area contributed by atoms with Gasteiger partial charge in [0.2, 0.25) is 0 Å². The van der Waals surface area contributed by atoms with Crippen LogP contribution >= 0.6 is 0 Å². The topological polar surface area (TPSA) is 9.23 Å².